The van der Waals surface area contributed by atoms with Crippen LogP contribution in [0.2, 0.25) is 0 Å². The molecule has 3 rings (SSSR count). The molecule has 0 bridgehead atoms. The second kappa shape index (κ2) is 8.42. The lowest BCUT2D eigenvalue weighted by Gasteiger charge is -2.13. The molecule has 0 radical (unpaired) electrons. The maximum absolute atomic E-state index is 14.0. The molecule has 0 spiro atoms. The lowest BCUT2D eigenvalue weighted by atomic mass is 10.2. The van der Waals surface area contributed by atoms with Gasteiger partial charge in [-0.3, -0.25) is 4.79 Å². The van der Waals surface area contributed by atoms with Crippen LogP contribution in [-0.4, -0.2) is 32.7 Å². The number of benzene rings is 3. The molecule has 0 saturated carbocycles. The van der Waals surface area contributed by atoms with Crippen LogP contribution in [0.15, 0.2) is 77.7 Å². The van der Waals surface area contributed by atoms with E-state index in [0.717, 1.165) is 16.4 Å². The summed E-state index contributed by atoms with van der Waals surface area (Å²) in [7, 11) is -1.44. The Balaban J connectivity index is 1.81. The van der Waals surface area contributed by atoms with E-state index in [-0.39, 0.29) is 5.56 Å². The van der Waals surface area contributed by atoms with Crippen molar-refractivity contribution in [2.24, 2.45) is 0 Å². The Morgan fingerprint density at radius 2 is 1.62 bits per heavy atom. The van der Waals surface area contributed by atoms with Gasteiger partial charge in [0, 0.05) is 31.4 Å². The number of sulfonamides is 1. The summed E-state index contributed by atoms with van der Waals surface area (Å²) in [6, 6.07) is 19.1. The fraction of sp³-hybridized carbons (Fsp3) is 0.0952. The Morgan fingerprint density at radius 1 is 0.931 bits per heavy atom. The van der Waals surface area contributed by atoms with Crippen LogP contribution in [0.3, 0.4) is 0 Å². The molecule has 0 heterocycles. The molecule has 3 aromatic carbocycles. The smallest absolute Gasteiger partial charge is 0.255 e. The molecule has 0 aliphatic rings. The maximum atomic E-state index is 14.0. The summed E-state index contributed by atoms with van der Waals surface area (Å²) >= 11 is 0. The van der Waals surface area contributed by atoms with Crippen molar-refractivity contribution < 1.29 is 22.3 Å². The molecule has 0 atom stereocenters. The number of ether oxygens (including phenoxy) is 1. The van der Waals surface area contributed by atoms with E-state index in [1.165, 1.54) is 20.2 Å². The zero-order chi connectivity index (χ0) is 21.0. The molecule has 8 heteroatoms. The van der Waals surface area contributed by atoms with Crippen LogP contribution >= 0.6 is 0 Å². The van der Waals surface area contributed by atoms with Gasteiger partial charge in [0.25, 0.3) is 5.91 Å². The zero-order valence-corrected chi connectivity index (χ0v) is 16.6. The summed E-state index contributed by atoms with van der Waals surface area (Å²) in [6.45, 7) is 0. The van der Waals surface area contributed by atoms with Crippen LogP contribution in [0.5, 0.6) is 11.5 Å². The first-order valence-electron chi connectivity index (χ1n) is 8.64. The number of para-hydroxylation sites is 1. The lowest BCUT2D eigenvalue weighted by molar-refractivity contribution is 0.102. The molecule has 0 saturated heterocycles. The average Bonchev–Trinajstić information content (AvgIpc) is 2.69. The molecule has 150 valence electrons. The topological polar surface area (TPSA) is 75.7 Å². The Morgan fingerprint density at radius 3 is 2.31 bits per heavy atom. The summed E-state index contributed by atoms with van der Waals surface area (Å²) in [5.41, 5.74) is 0.464. The molecule has 0 aliphatic carbocycles. The molecule has 1 N–H and O–H groups in total. The van der Waals surface area contributed by atoms with Crippen LogP contribution in [0.25, 0.3) is 0 Å². The monoisotopic (exact) mass is 414 g/mol. The number of hydrogen-bond acceptors (Lipinski definition) is 4. The van der Waals surface area contributed by atoms with E-state index in [1.807, 2.05) is 18.2 Å². The van der Waals surface area contributed by atoms with Crippen molar-refractivity contribution in [3.8, 4) is 11.5 Å². The van der Waals surface area contributed by atoms with Crippen molar-refractivity contribution in [1.29, 1.82) is 0 Å². The quantitative estimate of drug-likeness (QED) is 0.658. The molecule has 29 heavy (non-hydrogen) atoms. The molecule has 3 aromatic rings. The van der Waals surface area contributed by atoms with Gasteiger partial charge >= 0.3 is 0 Å². The van der Waals surface area contributed by atoms with Crippen molar-refractivity contribution in [3.05, 3.63) is 84.2 Å². The summed E-state index contributed by atoms with van der Waals surface area (Å²) in [5, 5.41) is 2.66. The van der Waals surface area contributed by atoms with Gasteiger partial charge in [0.1, 0.15) is 22.2 Å². The average molecular weight is 414 g/mol. The number of carbonyl (C=O) groups is 1. The van der Waals surface area contributed by atoms with Crippen molar-refractivity contribution in [2.45, 2.75) is 4.90 Å². The molecule has 6 nitrogen and oxygen atoms in total. The third-order valence-corrected chi connectivity index (χ3v) is 5.85. The zero-order valence-electron chi connectivity index (χ0n) is 15.8. The highest BCUT2D eigenvalue weighted by Gasteiger charge is 2.23. The van der Waals surface area contributed by atoms with Gasteiger partial charge in [-0.25, -0.2) is 17.1 Å². The van der Waals surface area contributed by atoms with Gasteiger partial charge in [-0.05, 0) is 42.5 Å². The maximum Gasteiger partial charge on any atom is 0.255 e. The number of halogens is 1. The van der Waals surface area contributed by atoms with Crippen molar-refractivity contribution in [2.75, 3.05) is 19.4 Å². The summed E-state index contributed by atoms with van der Waals surface area (Å²) in [5.74, 6) is -0.331. The predicted molar refractivity (Wildman–Crippen MR) is 108 cm³/mol. The van der Waals surface area contributed by atoms with E-state index in [4.69, 9.17) is 4.74 Å². The Labute approximate surface area is 168 Å². The highest BCUT2D eigenvalue weighted by Crippen LogP contribution is 2.25. The molecule has 0 aliphatic heterocycles. The van der Waals surface area contributed by atoms with Gasteiger partial charge in [0.15, 0.2) is 0 Å². The number of carbonyl (C=O) groups excluding carboxylic acids is 1. The standard InChI is InChI=1S/C21H19FN2O4S/c1-24(2)29(26,27)20-13-15(11-12-19(20)22)21(25)23-16-7-6-10-18(14-16)28-17-8-4-3-5-9-17/h3-14H,1-2H3,(H,23,25). The molecule has 0 fully saturated rings. The van der Waals surface area contributed by atoms with Crippen molar-refractivity contribution in [3.63, 3.8) is 0 Å². The van der Waals surface area contributed by atoms with Crippen LogP contribution in [0.1, 0.15) is 10.4 Å². The van der Waals surface area contributed by atoms with Gasteiger partial charge in [0.2, 0.25) is 10.0 Å². The van der Waals surface area contributed by atoms with Crippen LogP contribution in [0, 0.1) is 5.82 Å². The van der Waals surface area contributed by atoms with Gasteiger partial charge in [-0.1, -0.05) is 24.3 Å². The predicted octanol–water partition coefficient (Wildman–Crippen LogP) is 4.12. The second-order valence-electron chi connectivity index (χ2n) is 6.33. The third kappa shape index (κ3) is 4.79. The fourth-order valence-electron chi connectivity index (χ4n) is 2.50. The van der Waals surface area contributed by atoms with Gasteiger partial charge in [-0.2, -0.15) is 0 Å². The first kappa shape index (κ1) is 20.5. The minimum Gasteiger partial charge on any atom is -0.457 e. The van der Waals surface area contributed by atoms with Crippen LogP contribution in [-0.2, 0) is 10.0 Å². The van der Waals surface area contributed by atoms with Gasteiger partial charge in [-0.15, -0.1) is 0 Å². The number of nitrogens with one attached hydrogen (secondary N) is 1. The number of rotatable bonds is 6. The molecule has 0 unspecified atom stereocenters. The highest BCUT2D eigenvalue weighted by molar-refractivity contribution is 7.89. The molecular formula is C21H19FN2O4S. The number of hydrogen-bond donors (Lipinski definition) is 1. The van der Waals surface area contributed by atoms with E-state index in [2.05, 4.69) is 5.32 Å². The SMILES string of the molecule is CN(C)S(=O)(=O)c1cc(C(=O)Nc2cccc(Oc3ccccc3)c2)ccc1F. The second-order valence-corrected chi connectivity index (χ2v) is 8.45. The Hall–Kier alpha value is -3.23. The van der Waals surface area contributed by atoms with Gasteiger partial charge < -0.3 is 10.1 Å². The molecule has 1 amide bonds. The van der Waals surface area contributed by atoms with Crippen LogP contribution in [0.4, 0.5) is 10.1 Å². The van der Waals surface area contributed by atoms with Crippen molar-refractivity contribution in [1.82, 2.24) is 4.31 Å². The lowest BCUT2D eigenvalue weighted by Crippen LogP contribution is -2.24. The summed E-state index contributed by atoms with van der Waals surface area (Å²) in [4.78, 5) is 12.0. The van der Waals surface area contributed by atoms with Crippen molar-refractivity contribution >= 4 is 21.6 Å². The normalized spacial score (nSPS) is 11.3. The Bertz CT molecular complexity index is 1130. The first-order valence-corrected chi connectivity index (χ1v) is 10.1. The van der Waals surface area contributed by atoms with E-state index in [1.54, 1.807) is 36.4 Å². The third-order valence-electron chi connectivity index (χ3n) is 4.02. The highest BCUT2D eigenvalue weighted by atomic mass is 32.2. The minimum atomic E-state index is -4.02. The molecule has 0 aromatic heterocycles. The van der Waals surface area contributed by atoms with Gasteiger partial charge in [0.05, 0.1) is 0 Å². The molecular weight excluding hydrogens is 395 g/mol. The van der Waals surface area contributed by atoms with Crippen LogP contribution < -0.4 is 10.1 Å². The first-order chi connectivity index (χ1) is 13.8. The van der Waals surface area contributed by atoms with E-state index < -0.39 is 26.6 Å². The fourth-order valence-corrected chi connectivity index (χ4v) is 3.49. The number of anilines is 1. The Kier molecular flexibility index (Phi) is 5.95. The minimum absolute atomic E-state index is 0.0150. The summed E-state index contributed by atoms with van der Waals surface area (Å²) < 4.78 is 45.1. The van der Waals surface area contributed by atoms with E-state index in [0.29, 0.717) is 17.2 Å². The summed E-state index contributed by atoms with van der Waals surface area (Å²) in [6.07, 6.45) is 0. The number of amides is 1. The largest absolute Gasteiger partial charge is 0.457 e. The number of nitrogens with zero attached hydrogens (tertiary/aromatic N) is 1. The van der Waals surface area contributed by atoms with E-state index >= 15 is 0 Å². The van der Waals surface area contributed by atoms with E-state index in [9.17, 15) is 17.6 Å².